The van der Waals surface area contributed by atoms with E-state index in [1.165, 1.54) is 36.1 Å². The number of fused-ring (bicyclic) bond motifs is 1. The molecule has 104 valence electrons. The summed E-state index contributed by atoms with van der Waals surface area (Å²) < 4.78 is 1.05. The molecule has 2 aromatic carbocycles. The van der Waals surface area contributed by atoms with E-state index in [2.05, 4.69) is 57.2 Å². The van der Waals surface area contributed by atoms with E-state index < -0.39 is 0 Å². The average Bonchev–Trinajstić information content (AvgIpc) is 2.61. The molecule has 3 heteroatoms. The van der Waals surface area contributed by atoms with Gasteiger partial charge in [0, 0.05) is 28.9 Å². The van der Waals surface area contributed by atoms with Gasteiger partial charge in [0.25, 0.3) is 0 Å². The van der Waals surface area contributed by atoms with Gasteiger partial charge in [0.05, 0.1) is 0 Å². The normalized spacial score (nSPS) is 14.8. The van der Waals surface area contributed by atoms with Gasteiger partial charge in [-0.05, 0) is 54.7 Å². The highest BCUT2D eigenvalue weighted by atomic mass is 79.9. The van der Waals surface area contributed by atoms with Gasteiger partial charge in [0.15, 0.2) is 0 Å². The van der Waals surface area contributed by atoms with E-state index in [0.717, 1.165) is 23.2 Å². The number of halogens is 1. The number of para-hydroxylation sites is 1. The lowest BCUT2D eigenvalue weighted by Gasteiger charge is -2.25. The highest BCUT2D eigenvalue weighted by Crippen LogP contribution is 2.28. The van der Waals surface area contributed by atoms with Gasteiger partial charge in [-0.2, -0.15) is 0 Å². The van der Waals surface area contributed by atoms with E-state index in [9.17, 15) is 0 Å². The average molecular weight is 331 g/mol. The number of nitrogen functional groups attached to an aromatic ring is 1. The number of anilines is 2. The van der Waals surface area contributed by atoms with Crippen LogP contribution in [0.1, 0.15) is 24.0 Å². The lowest BCUT2D eigenvalue weighted by atomic mass is 10.1. The van der Waals surface area contributed by atoms with E-state index in [0.29, 0.717) is 0 Å². The third-order valence-corrected chi connectivity index (χ3v) is 4.27. The molecule has 0 amide bonds. The summed E-state index contributed by atoms with van der Waals surface area (Å²) in [6, 6.07) is 14.9. The second-order valence-corrected chi connectivity index (χ2v) is 6.32. The Bertz CT molecular complexity index is 589. The Hall–Kier alpha value is -1.48. The molecule has 1 heterocycles. The number of nitrogens with two attached hydrogens (primary N) is 1. The number of nitrogens with zero attached hydrogens (tertiary/aromatic N) is 1. The molecule has 1 aliphatic rings. The van der Waals surface area contributed by atoms with E-state index in [-0.39, 0.29) is 0 Å². The Morgan fingerprint density at radius 2 is 1.95 bits per heavy atom. The van der Waals surface area contributed by atoms with E-state index in [4.69, 9.17) is 5.73 Å². The number of benzene rings is 2. The Morgan fingerprint density at radius 1 is 1.10 bits per heavy atom. The Balaban J connectivity index is 1.90. The highest BCUT2D eigenvalue weighted by molar-refractivity contribution is 9.10. The summed E-state index contributed by atoms with van der Waals surface area (Å²) in [6.07, 6.45) is 3.71. The molecule has 0 saturated carbocycles. The molecule has 1 aliphatic heterocycles. The van der Waals surface area contributed by atoms with Crippen LogP contribution in [0.25, 0.3) is 0 Å². The van der Waals surface area contributed by atoms with Crippen molar-refractivity contribution in [2.75, 3.05) is 17.2 Å². The third-order valence-electron chi connectivity index (χ3n) is 3.81. The first kappa shape index (κ1) is 13.5. The summed E-state index contributed by atoms with van der Waals surface area (Å²) in [4.78, 5) is 2.48. The topological polar surface area (TPSA) is 29.3 Å². The SMILES string of the molecule is Nc1cc(Br)cc(CN2CCCCc3ccccc32)c1. The first-order valence-electron chi connectivity index (χ1n) is 7.10. The predicted molar refractivity (Wildman–Crippen MR) is 89.0 cm³/mol. The van der Waals surface area contributed by atoms with Crippen molar-refractivity contribution in [2.45, 2.75) is 25.8 Å². The van der Waals surface area contributed by atoms with Gasteiger partial charge in [-0.3, -0.25) is 0 Å². The standard InChI is InChI=1S/C17H19BrN2/c18-15-9-13(10-16(19)11-15)12-20-8-4-3-6-14-5-1-2-7-17(14)20/h1-2,5,7,9-11H,3-4,6,8,12,19H2. The quantitative estimate of drug-likeness (QED) is 0.828. The highest BCUT2D eigenvalue weighted by Gasteiger charge is 2.15. The first-order chi connectivity index (χ1) is 9.72. The maximum absolute atomic E-state index is 5.94. The second kappa shape index (κ2) is 5.88. The van der Waals surface area contributed by atoms with E-state index in [1.54, 1.807) is 0 Å². The molecule has 20 heavy (non-hydrogen) atoms. The molecule has 2 N–H and O–H groups in total. The van der Waals surface area contributed by atoms with Crippen LogP contribution in [0, 0.1) is 0 Å². The van der Waals surface area contributed by atoms with Crippen molar-refractivity contribution in [1.29, 1.82) is 0 Å². The molecular weight excluding hydrogens is 312 g/mol. The molecular formula is C17H19BrN2. The van der Waals surface area contributed by atoms with Crippen molar-refractivity contribution in [3.8, 4) is 0 Å². The fourth-order valence-electron chi connectivity index (χ4n) is 2.92. The molecule has 0 unspecified atom stereocenters. The van der Waals surface area contributed by atoms with Crippen LogP contribution in [0.4, 0.5) is 11.4 Å². The molecule has 0 saturated heterocycles. The lowest BCUT2D eigenvalue weighted by Crippen LogP contribution is -2.23. The van der Waals surface area contributed by atoms with E-state index in [1.807, 2.05) is 6.07 Å². The zero-order chi connectivity index (χ0) is 13.9. The van der Waals surface area contributed by atoms with Gasteiger partial charge in [0.1, 0.15) is 0 Å². The van der Waals surface area contributed by atoms with Crippen LogP contribution in [0.3, 0.4) is 0 Å². The molecule has 0 spiro atoms. The first-order valence-corrected chi connectivity index (χ1v) is 7.89. The van der Waals surface area contributed by atoms with Crippen molar-refractivity contribution in [1.82, 2.24) is 0 Å². The summed E-state index contributed by atoms with van der Waals surface area (Å²) >= 11 is 3.53. The number of hydrogen-bond donors (Lipinski definition) is 1. The Kier molecular flexibility index (Phi) is 3.97. The summed E-state index contributed by atoms with van der Waals surface area (Å²) in [5.41, 5.74) is 10.9. The van der Waals surface area contributed by atoms with Crippen LogP contribution in [0.15, 0.2) is 46.9 Å². The maximum Gasteiger partial charge on any atom is 0.0430 e. The molecule has 2 nitrogen and oxygen atoms in total. The van der Waals surface area contributed by atoms with Crippen LogP contribution in [0.5, 0.6) is 0 Å². The van der Waals surface area contributed by atoms with Gasteiger partial charge < -0.3 is 10.6 Å². The Morgan fingerprint density at radius 3 is 2.80 bits per heavy atom. The minimum Gasteiger partial charge on any atom is -0.399 e. The summed E-state index contributed by atoms with van der Waals surface area (Å²) in [7, 11) is 0. The smallest absolute Gasteiger partial charge is 0.0430 e. The van der Waals surface area contributed by atoms with Gasteiger partial charge >= 0.3 is 0 Å². The minimum atomic E-state index is 0.817. The molecule has 2 aromatic rings. The predicted octanol–water partition coefficient (Wildman–Crippen LogP) is 4.37. The number of hydrogen-bond acceptors (Lipinski definition) is 2. The number of aryl methyl sites for hydroxylation is 1. The third kappa shape index (κ3) is 2.98. The number of rotatable bonds is 2. The molecule has 0 fully saturated rings. The van der Waals surface area contributed by atoms with Crippen LogP contribution in [-0.4, -0.2) is 6.54 Å². The molecule has 0 bridgehead atoms. The second-order valence-electron chi connectivity index (χ2n) is 5.40. The summed E-state index contributed by atoms with van der Waals surface area (Å²) in [6.45, 7) is 2.03. The molecule has 0 aromatic heterocycles. The van der Waals surface area contributed by atoms with Gasteiger partial charge in [-0.25, -0.2) is 0 Å². The van der Waals surface area contributed by atoms with Crippen molar-refractivity contribution in [3.63, 3.8) is 0 Å². The fourth-order valence-corrected chi connectivity index (χ4v) is 3.48. The fraction of sp³-hybridized carbons (Fsp3) is 0.294. The minimum absolute atomic E-state index is 0.817. The molecule has 0 atom stereocenters. The monoisotopic (exact) mass is 330 g/mol. The lowest BCUT2D eigenvalue weighted by molar-refractivity contribution is 0.714. The van der Waals surface area contributed by atoms with Crippen molar-refractivity contribution >= 4 is 27.3 Å². The van der Waals surface area contributed by atoms with Gasteiger partial charge in [-0.15, -0.1) is 0 Å². The molecule has 0 radical (unpaired) electrons. The van der Waals surface area contributed by atoms with Crippen molar-refractivity contribution < 1.29 is 0 Å². The maximum atomic E-state index is 5.94. The van der Waals surface area contributed by atoms with E-state index >= 15 is 0 Å². The van der Waals surface area contributed by atoms with Gasteiger partial charge in [-0.1, -0.05) is 34.1 Å². The van der Waals surface area contributed by atoms with Crippen LogP contribution in [0.2, 0.25) is 0 Å². The van der Waals surface area contributed by atoms with Crippen LogP contribution in [-0.2, 0) is 13.0 Å². The zero-order valence-corrected chi connectivity index (χ0v) is 13.1. The van der Waals surface area contributed by atoms with Crippen molar-refractivity contribution in [2.24, 2.45) is 0 Å². The van der Waals surface area contributed by atoms with Crippen LogP contribution >= 0.6 is 15.9 Å². The largest absolute Gasteiger partial charge is 0.399 e. The van der Waals surface area contributed by atoms with Gasteiger partial charge in [0.2, 0.25) is 0 Å². The summed E-state index contributed by atoms with van der Waals surface area (Å²) in [5.74, 6) is 0. The van der Waals surface area contributed by atoms with Crippen LogP contribution < -0.4 is 10.6 Å². The Labute approximate surface area is 128 Å². The van der Waals surface area contributed by atoms with Crippen molar-refractivity contribution in [3.05, 3.63) is 58.1 Å². The molecule has 0 aliphatic carbocycles. The molecule has 3 rings (SSSR count). The zero-order valence-electron chi connectivity index (χ0n) is 11.5. The summed E-state index contributed by atoms with van der Waals surface area (Å²) in [5, 5.41) is 0.